The highest BCUT2D eigenvalue weighted by Crippen LogP contribution is 2.30. The van der Waals surface area contributed by atoms with Crippen molar-refractivity contribution in [3.05, 3.63) is 65.5 Å². The van der Waals surface area contributed by atoms with Crippen molar-refractivity contribution in [1.82, 2.24) is 15.3 Å². The van der Waals surface area contributed by atoms with Crippen LogP contribution in [0.15, 0.2) is 48.7 Å². The monoisotopic (exact) mass is 400 g/mol. The highest BCUT2D eigenvalue weighted by Gasteiger charge is 2.31. The number of alkyl halides is 3. The number of hydrogen-bond donors (Lipinski definition) is 1. The smallest absolute Gasteiger partial charge is 0.354 e. The molecule has 0 spiro atoms. The van der Waals surface area contributed by atoms with Crippen LogP contribution in [0.25, 0.3) is 10.9 Å². The number of rotatable bonds is 3. The Morgan fingerprint density at radius 1 is 1.17 bits per heavy atom. The molecular formula is C21H19F3N4O. The van der Waals surface area contributed by atoms with E-state index in [4.69, 9.17) is 0 Å². The average Bonchev–Trinajstić information content (AvgIpc) is 3.15. The summed E-state index contributed by atoms with van der Waals surface area (Å²) in [5.74, 6) is 0.262. The number of hydrogen-bond acceptors (Lipinski definition) is 4. The normalized spacial score (nSPS) is 17.0. The van der Waals surface area contributed by atoms with E-state index in [9.17, 15) is 18.0 Å². The van der Waals surface area contributed by atoms with Crippen LogP contribution in [0.1, 0.15) is 28.0 Å². The summed E-state index contributed by atoms with van der Waals surface area (Å²) in [4.78, 5) is 23.1. The first-order valence-electron chi connectivity index (χ1n) is 9.27. The number of aryl methyl sites for hydroxylation is 1. The third-order valence-electron chi connectivity index (χ3n) is 5.03. The molecule has 1 aliphatic rings. The Bertz CT molecular complexity index is 1050. The molecule has 0 aliphatic carbocycles. The molecule has 3 aromatic rings. The molecule has 150 valence electrons. The van der Waals surface area contributed by atoms with Crippen molar-refractivity contribution in [3.8, 4) is 0 Å². The van der Waals surface area contributed by atoms with Crippen molar-refractivity contribution < 1.29 is 18.0 Å². The molecule has 29 heavy (non-hydrogen) atoms. The summed E-state index contributed by atoms with van der Waals surface area (Å²) < 4.78 is 38.1. The molecule has 1 aromatic carbocycles. The van der Waals surface area contributed by atoms with Crippen LogP contribution in [0.4, 0.5) is 19.0 Å². The number of pyridine rings is 2. The van der Waals surface area contributed by atoms with Crippen LogP contribution < -0.4 is 10.2 Å². The minimum atomic E-state index is -4.40. The lowest BCUT2D eigenvalue weighted by atomic mass is 10.1. The lowest BCUT2D eigenvalue weighted by Crippen LogP contribution is -2.37. The zero-order valence-electron chi connectivity index (χ0n) is 15.7. The number of benzene rings is 1. The van der Waals surface area contributed by atoms with Gasteiger partial charge < -0.3 is 10.2 Å². The molecule has 1 saturated heterocycles. The van der Waals surface area contributed by atoms with Gasteiger partial charge in [-0.2, -0.15) is 13.2 Å². The second-order valence-electron chi connectivity index (χ2n) is 7.14. The Morgan fingerprint density at radius 2 is 2.00 bits per heavy atom. The number of fused-ring (bicyclic) bond motifs is 1. The van der Waals surface area contributed by atoms with Crippen LogP contribution in [0.3, 0.4) is 0 Å². The molecule has 3 heterocycles. The lowest BCUT2D eigenvalue weighted by Gasteiger charge is -2.18. The topological polar surface area (TPSA) is 58.1 Å². The van der Waals surface area contributed by atoms with Gasteiger partial charge in [-0.25, -0.2) is 4.98 Å². The van der Waals surface area contributed by atoms with Crippen LogP contribution in [0.5, 0.6) is 0 Å². The number of carbonyl (C=O) groups excluding carboxylic acids is 1. The fraction of sp³-hybridized carbons (Fsp3) is 0.286. The first kappa shape index (κ1) is 19.2. The molecule has 0 bridgehead atoms. The number of carbonyl (C=O) groups is 1. The van der Waals surface area contributed by atoms with Crippen LogP contribution in [0, 0.1) is 6.92 Å². The Kier molecular flexibility index (Phi) is 4.86. The summed E-state index contributed by atoms with van der Waals surface area (Å²) in [6.07, 6.45) is -2.88. The molecule has 1 atom stereocenters. The van der Waals surface area contributed by atoms with Crippen molar-refractivity contribution >= 4 is 22.6 Å². The van der Waals surface area contributed by atoms with Gasteiger partial charge in [-0.1, -0.05) is 18.2 Å². The summed E-state index contributed by atoms with van der Waals surface area (Å²) in [5, 5.41) is 3.91. The molecular weight excluding hydrogens is 381 g/mol. The summed E-state index contributed by atoms with van der Waals surface area (Å²) in [6, 6.07) is 11.6. The standard InChI is InChI=1S/C21H19F3N4O/c1-13-5-6-14-3-2-4-17(19(14)26-13)20(29)27-16-9-10-28(12-16)18-8-7-15(11-25-18)21(22,23)24/h2-8,11,16H,9-10,12H2,1H3,(H,27,29). The van der Waals surface area contributed by atoms with Gasteiger partial charge in [-0.05, 0) is 37.6 Å². The number of nitrogens with one attached hydrogen (secondary N) is 1. The van der Waals surface area contributed by atoms with Crippen molar-refractivity contribution in [1.29, 1.82) is 0 Å². The second-order valence-corrected chi connectivity index (χ2v) is 7.14. The number of halogens is 3. The number of amides is 1. The maximum atomic E-state index is 12.8. The highest BCUT2D eigenvalue weighted by atomic mass is 19.4. The molecule has 1 fully saturated rings. The van der Waals surface area contributed by atoms with Crippen molar-refractivity contribution in [2.24, 2.45) is 0 Å². The number of anilines is 1. The van der Waals surface area contributed by atoms with E-state index < -0.39 is 11.7 Å². The summed E-state index contributed by atoms with van der Waals surface area (Å²) >= 11 is 0. The number of para-hydroxylation sites is 1. The summed E-state index contributed by atoms with van der Waals surface area (Å²) in [5.41, 5.74) is 1.23. The van der Waals surface area contributed by atoms with E-state index in [-0.39, 0.29) is 11.9 Å². The summed E-state index contributed by atoms with van der Waals surface area (Å²) in [6.45, 7) is 2.97. The zero-order chi connectivity index (χ0) is 20.6. The van der Waals surface area contributed by atoms with Crippen LogP contribution in [0.2, 0.25) is 0 Å². The van der Waals surface area contributed by atoms with Gasteiger partial charge in [-0.15, -0.1) is 0 Å². The van der Waals surface area contributed by atoms with Crippen LogP contribution in [-0.4, -0.2) is 35.0 Å². The van der Waals surface area contributed by atoms with E-state index in [1.54, 1.807) is 6.07 Å². The van der Waals surface area contributed by atoms with Gasteiger partial charge in [0, 0.05) is 36.4 Å². The Hall–Kier alpha value is -3.16. The Balaban J connectivity index is 1.45. The molecule has 1 unspecified atom stereocenters. The molecule has 5 nitrogen and oxygen atoms in total. The highest BCUT2D eigenvalue weighted by molar-refractivity contribution is 6.05. The SMILES string of the molecule is Cc1ccc2cccc(C(=O)NC3CCN(c4ccc(C(F)(F)F)cn4)C3)c2n1. The van der Waals surface area contributed by atoms with Crippen molar-refractivity contribution in [3.63, 3.8) is 0 Å². The quantitative estimate of drug-likeness (QED) is 0.723. The maximum Gasteiger partial charge on any atom is 0.417 e. The minimum Gasteiger partial charge on any atom is -0.354 e. The summed E-state index contributed by atoms with van der Waals surface area (Å²) in [7, 11) is 0. The van der Waals surface area contributed by atoms with Gasteiger partial charge in [0.05, 0.1) is 16.6 Å². The Labute approximate surface area is 165 Å². The number of aromatic nitrogens is 2. The van der Waals surface area contributed by atoms with Gasteiger partial charge in [0.1, 0.15) is 5.82 Å². The molecule has 1 N–H and O–H groups in total. The van der Waals surface area contributed by atoms with Crippen molar-refractivity contribution in [2.75, 3.05) is 18.0 Å². The second kappa shape index (κ2) is 7.35. The zero-order valence-corrected chi connectivity index (χ0v) is 15.7. The molecule has 1 amide bonds. The largest absolute Gasteiger partial charge is 0.417 e. The molecule has 2 aromatic heterocycles. The van der Waals surface area contributed by atoms with Gasteiger partial charge in [0.2, 0.25) is 0 Å². The fourth-order valence-corrected chi connectivity index (χ4v) is 3.52. The predicted molar refractivity (Wildman–Crippen MR) is 104 cm³/mol. The van der Waals surface area contributed by atoms with E-state index in [0.717, 1.165) is 23.3 Å². The average molecular weight is 400 g/mol. The van der Waals surface area contributed by atoms with Gasteiger partial charge >= 0.3 is 6.18 Å². The molecule has 0 radical (unpaired) electrons. The molecule has 8 heteroatoms. The van der Waals surface area contributed by atoms with E-state index in [1.807, 2.05) is 36.1 Å². The molecule has 1 aliphatic heterocycles. The minimum absolute atomic E-state index is 0.119. The van der Waals surface area contributed by atoms with E-state index >= 15 is 0 Å². The molecule has 0 saturated carbocycles. The lowest BCUT2D eigenvalue weighted by molar-refractivity contribution is -0.137. The third-order valence-corrected chi connectivity index (χ3v) is 5.03. The van der Waals surface area contributed by atoms with E-state index in [2.05, 4.69) is 15.3 Å². The van der Waals surface area contributed by atoms with Gasteiger partial charge in [0.15, 0.2) is 0 Å². The van der Waals surface area contributed by atoms with Crippen LogP contribution >= 0.6 is 0 Å². The first-order chi connectivity index (χ1) is 13.8. The van der Waals surface area contributed by atoms with E-state index in [1.165, 1.54) is 6.07 Å². The van der Waals surface area contributed by atoms with Gasteiger partial charge in [0.25, 0.3) is 5.91 Å². The fourth-order valence-electron chi connectivity index (χ4n) is 3.52. The maximum absolute atomic E-state index is 12.8. The Morgan fingerprint density at radius 3 is 2.72 bits per heavy atom. The van der Waals surface area contributed by atoms with Crippen molar-refractivity contribution in [2.45, 2.75) is 25.6 Å². The van der Waals surface area contributed by atoms with E-state index in [0.29, 0.717) is 36.4 Å². The number of nitrogens with zero attached hydrogens (tertiary/aromatic N) is 3. The first-order valence-corrected chi connectivity index (χ1v) is 9.27. The third kappa shape index (κ3) is 4.01. The van der Waals surface area contributed by atoms with Gasteiger partial charge in [-0.3, -0.25) is 9.78 Å². The predicted octanol–water partition coefficient (Wildman–Crippen LogP) is 3.97. The molecule has 4 rings (SSSR count). The van der Waals surface area contributed by atoms with Crippen LogP contribution in [-0.2, 0) is 6.18 Å².